The van der Waals surface area contributed by atoms with Crippen molar-refractivity contribution in [1.82, 2.24) is 4.57 Å². The summed E-state index contributed by atoms with van der Waals surface area (Å²) < 4.78 is 14.2. The third-order valence-electron chi connectivity index (χ3n) is 5.08. The number of aryl methyl sites for hydroxylation is 1. The normalized spacial score (nSPS) is 11.2. The summed E-state index contributed by atoms with van der Waals surface area (Å²) in [6.07, 6.45) is 0.929. The molecule has 3 aromatic carbocycles. The summed E-state index contributed by atoms with van der Waals surface area (Å²) in [7, 11) is 1.68. The zero-order chi connectivity index (χ0) is 22.3. The monoisotopic (exact) mass is 588 g/mol. The average Bonchev–Trinajstić information content (AvgIpc) is 3.22. The van der Waals surface area contributed by atoms with Crippen molar-refractivity contribution in [2.45, 2.75) is 19.9 Å². The van der Waals surface area contributed by atoms with E-state index in [9.17, 15) is 0 Å². The van der Waals surface area contributed by atoms with E-state index in [1.807, 2.05) is 43.3 Å². The van der Waals surface area contributed by atoms with E-state index < -0.39 is 0 Å². The van der Waals surface area contributed by atoms with Gasteiger partial charge in [-0.3, -0.25) is 0 Å². The Hall–Kier alpha value is -2.35. The minimum absolute atomic E-state index is 0. The maximum atomic E-state index is 5.56. The third kappa shape index (κ3) is 6.37. The highest BCUT2D eigenvalue weighted by Gasteiger charge is 2.11. The van der Waals surface area contributed by atoms with E-state index >= 15 is 0 Å². The summed E-state index contributed by atoms with van der Waals surface area (Å²) in [5.41, 5.74) is 4.47. The second-order valence-electron chi connectivity index (χ2n) is 7.18. The first kappa shape index (κ1) is 25.3. The Morgan fingerprint density at radius 1 is 1.00 bits per heavy atom. The van der Waals surface area contributed by atoms with Crippen molar-refractivity contribution < 1.29 is 9.47 Å². The zero-order valence-corrected chi connectivity index (χ0v) is 22.6. The Morgan fingerprint density at radius 3 is 2.42 bits per heavy atom. The summed E-state index contributed by atoms with van der Waals surface area (Å²) in [5.74, 6) is 1.68. The number of rotatable bonds is 8. The number of benzene rings is 3. The molecule has 0 spiro atoms. The summed E-state index contributed by atoms with van der Waals surface area (Å²) in [4.78, 5) is 5.91. The number of thiazole rings is 1. The topological polar surface area (TPSA) is 35.8 Å². The second kappa shape index (κ2) is 12.2. The molecule has 0 unspecified atom stereocenters. The Labute approximate surface area is 217 Å². The summed E-state index contributed by atoms with van der Waals surface area (Å²) in [6, 6.07) is 24.6. The maximum absolute atomic E-state index is 5.56. The maximum Gasteiger partial charge on any atom is 0.190 e. The Balaban J connectivity index is 0.00000306. The van der Waals surface area contributed by atoms with E-state index in [-0.39, 0.29) is 17.0 Å². The summed E-state index contributed by atoms with van der Waals surface area (Å²) in [6.45, 7) is 3.47. The number of methoxy groups -OCH3 is 1. The minimum atomic E-state index is 0. The van der Waals surface area contributed by atoms with Crippen LogP contribution in [-0.4, -0.2) is 18.3 Å². The fourth-order valence-electron chi connectivity index (χ4n) is 3.47. The first-order chi connectivity index (χ1) is 15.7. The van der Waals surface area contributed by atoms with Crippen LogP contribution in [0.1, 0.15) is 12.5 Å². The van der Waals surface area contributed by atoms with Gasteiger partial charge in [0.05, 0.1) is 29.6 Å². The summed E-state index contributed by atoms with van der Waals surface area (Å²) >= 11 is 5.27. The highest BCUT2D eigenvalue weighted by molar-refractivity contribution is 9.10. The van der Waals surface area contributed by atoms with Crippen molar-refractivity contribution in [2.24, 2.45) is 4.99 Å². The number of aromatic nitrogens is 1. The Morgan fingerprint density at radius 2 is 1.76 bits per heavy atom. The lowest BCUT2D eigenvalue weighted by Crippen LogP contribution is -2.17. The molecule has 33 heavy (non-hydrogen) atoms. The molecule has 0 aliphatic carbocycles. The van der Waals surface area contributed by atoms with Gasteiger partial charge in [0, 0.05) is 17.5 Å². The lowest BCUT2D eigenvalue weighted by atomic mass is 10.1. The molecule has 0 bridgehead atoms. The molecular formula is C26H26Br2N2O2S. The van der Waals surface area contributed by atoms with Gasteiger partial charge in [0.15, 0.2) is 4.80 Å². The van der Waals surface area contributed by atoms with Crippen LogP contribution in [0, 0.1) is 0 Å². The van der Waals surface area contributed by atoms with Gasteiger partial charge in [-0.25, -0.2) is 4.99 Å². The van der Waals surface area contributed by atoms with Crippen LogP contribution in [0.2, 0.25) is 0 Å². The Kier molecular flexibility index (Phi) is 9.35. The second-order valence-corrected chi connectivity index (χ2v) is 8.87. The van der Waals surface area contributed by atoms with Gasteiger partial charge in [-0.1, -0.05) is 30.3 Å². The van der Waals surface area contributed by atoms with Crippen molar-refractivity contribution in [3.8, 4) is 22.8 Å². The van der Waals surface area contributed by atoms with Crippen LogP contribution in [0.15, 0.2) is 87.6 Å². The molecule has 0 fully saturated rings. The van der Waals surface area contributed by atoms with Gasteiger partial charge in [-0.2, -0.15) is 0 Å². The van der Waals surface area contributed by atoms with Gasteiger partial charge in [0.25, 0.3) is 0 Å². The molecule has 1 aromatic heterocycles. The molecule has 4 nitrogen and oxygen atoms in total. The van der Waals surface area contributed by atoms with E-state index in [0.29, 0.717) is 6.61 Å². The molecule has 1 heterocycles. The van der Waals surface area contributed by atoms with Crippen LogP contribution in [0.25, 0.3) is 11.3 Å². The summed E-state index contributed by atoms with van der Waals surface area (Å²) in [5, 5.41) is 2.17. The predicted molar refractivity (Wildman–Crippen MR) is 145 cm³/mol. The first-order valence-corrected chi connectivity index (χ1v) is 12.2. The number of ether oxygens (including phenoxy) is 2. The molecule has 0 radical (unpaired) electrons. The SMILES string of the molecule is Br.CCOc1ccc(N=c2scc(-c3ccc(OC)c(Br)c3)n2CCc2ccccc2)cc1. The predicted octanol–water partition coefficient (Wildman–Crippen LogP) is 7.44. The molecule has 4 rings (SSSR count). The molecule has 172 valence electrons. The van der Waals surface area contributed by atoms with Crippen LogP contribution in [-0.2, 0) is 13.0 Å². The first-order valence-electron chi connectivity index (χ1n) is 10.5. The smallest absolute Gasteiger partial charge is 0.190 e. The Bertz CT molecular complexity index is 1240. The lowest BCUT2D eigenvalue weighted by molar-refractivity contribution is 0.340. The van der Waals surface area contributed by atoms with Gasteiger partial charge < -0.3 is 14.0 Å². The van der Waals surface area contributed by atoms with Crippen molar-refractivity contribution >= 4 is 49.9 Å². The number of nitrogens with zero attached hydrogens (tertiary/aromatic N) is 2. The fraction of sp³-hybridized carbons (Fsp3) is 0.192. The highest BCUT2D eigenvalue weighted by Crippen LogP contribution is 2.31. The van der Waals surface area contributed by atoms with E-state index in [2.05, 4.69) is 62.3 Å². The number of hydrogen-bond donors (Lipinski definition) is 0. The molecular weight excluding hydrogens is 564 g/mol. The van der Waals surface area contributed by atoms with E-state index in [1.165, 1.54) is 5.56 Å². The molecule has 0 saturated carbocycles. The number of hydrogen-bond acceptors (Lipinski definition) is 4. The van der Waals surface area contributed by atoms with Gasteiger partial charge in [-0.05, 0) is 77.3 Å². The highest BCUT2D eigenvalue weighted by atomic mass is 79.9. The molecule has 0 N–H and O–H groups in total. The molecule has 0 aliphatic heterocycles. The molecule has 0 aliphatic rings. The molecule has 0 saturated heterocycles. The molecule has 7 heteroatoms. The number of halogens is 2. The third-order valence-corrected chi connectivity index (χ3v) is 6.57. The van der Waals surface area contributed by atoms with Gasteiger partial charge >= 0.3 is 0 Å². The van der Waals surface area contributed by atoms with E-state index in [4.69, 9.17) is 14.5 Å². The van der Waals surface area contributed by atoms with Gasteiger partial charge in [0.1, 0.15) is 11.5 Å². The quantitative estimate of drug-likeness (QED) is 0.214. The average molecular weight is 590 g/mol. The molecule has 4 aromatic rings. The van der Waals surface area contributed by atoms with E-state index in [1.54, 1.807) is 18.4 Å². The van der Waals surface area contributed by atoms with Crippen LogP contribution in [0.5, 0.6) is 11.5 Å². The van der Waals surface area contributed by atoms with Crippen molar-refractivity contribution in [1.29, 1.82) is 0 Å². The molecule has 0 amide bonds. The lowest BCUT2D eigenvalue weighted by Gasteiger charge is -2.11. The van der Waals surface area contributed by atoms with Gasteiger partial charge in [0.2, 0.25) is 0 Å². The van der Waals surface area contributed by atoms with Crippen molar-refractivity contribution in [3.05, 3.63) is 93.0 Å². The minimum Gasteiger partial charge on any atom is -0.496 e. The fourth-order valence-corrected chi connectivity index (χ4v) is 4.97. The van der Waals surface area contributed by atoms with Crippen LogP contribution in [0.3, 0.4) is 0 Å². The largest absolute Gasteiger partial charge is 0.496 e. The standard InChI is InChI=1S/C26H25BrN2O2S.BrH/c1-3-31-22-12-10-21(11-13-22)28-26-29(16-15-19-7-5-4-6-8-19)24(18-32-26)20-9-14-25(30-2)23(27)17-20;/h4-14,17-18H,3,15-16H2,1-2H3;1H. The van der Waals surface area contributed by atoms with Crippen molar-refractivity contribution in [2.75, 3.05) is 13.7 Å². The van der Waals surface area contributed by atoms with Gasteiger partial charge in [-0.15, -0.1) is 28.3 Å². The van der Waals surface area contributed by atoms with Crippen LogP contribution >= 0.6 is 44.2 Å². The van der Waals surface area contributed by atoms with Crippen LogP contribution < -0.4 is 14.3 Å². The van der Waals surface area contributed by atoms with Crippen LogP contribution in [0.4, 0.5) is 5.69 Å². The van der Waals surface area contributed by atoms with E-state index in [0.717, 1.165) is 50.7 Å². The zero-order valence-electron chi connectivity index (χ0n) is 18.5. The molecule has 0 atom stereocenters. The van der Waals surface area contributed by atoms with Crippen molar-refractivity contribution in [3.63, 3.8) is 0 Å².